The van der Waals surface area contributed by atoms with Crippen molar-refractivity contribution in [3.63, 3.8) is 0 Å². The van der Waals surface area contributed by atoms with Gasteiger partial charge < -0.3 is 10.6 Å². The van der Waals surface area contributed by atoms with E-state index in [4.69, 9.17) is 5.73 Å². The van der Waals surface area contributed by atoms with E-state index in [0.29, 0.717) is 24.7 Å². The topological polar surface area (TPSA) is 107 Å². The summed E-state index contributed by atoms with van der Waals surface area (Å²) in [7, 11) is -3.48. The molecule has 1 aromatic rings. The van der Waals surface area contributed by atoms with Crippen LogP contribution in [0.3, 0.4) is 0 Å². The maximum absolute atomic E-state index is 11.6. The third-order valence-corrected chi connectivity index (χ3v) is 5.24. The highest BCUT2D eigenvalue weighted by Crippen LogP contribution is 2.35. The highest BCUT2D eigenvalue weighted by Gasteiger charge is 2.30. The van der Waals surface area contributed by atoms with Crippen LogP contribution >= 0.6 is 0 Å². The Balaban J connectivity index is 2.48. The number of sulfone groups is 1. The van der Waals surface area contributed by atoms with Gasteiger partial charge in [0.1, 0.15) is 5.69 Å². The molecule has 2 unspecified atom stereocenters. The number of benzene rings is 1. The number of rotatable bonds is 4. The van der Waals surface area contributed by atoms with Gasteiger partial charge in [0.15, 0.2) is 9.84 Å². The van der Waals surface area contributed by atoms with Crippen molar-refractivity contribution in [2.24, 2.45) is 11.7 Å². The first kappa shape index (κ1) is 16.7. The monoisotopic (exact) mass is 327 g/mol. The minimum Gasteiger partial charge on any atom is -0.362 e. The molecule has 1 aromatic carbocycles. The first-order chi connectivity index (χ1) is 10.2. The van der Waals surface area contributed by atoms with E-state index in [2.05, 4.69) is 6.92 Å². The second-order valence-corrected chi connectivity index (χ2v) is 7.91. The van der Waals surface area contributed by atoms with Gasteiger partial charge in [-0.2, -0.15) is 0 Å². The van der Waals surface area contributed by atoms with Crippen LogP contribution in [0, 0.1) is 16.0 Å². The predicted molar refractivity (Wildman–Crippen MR) is 84.8 cm³/mol. The smallest absolute Gasteiger partial charge is 0.293 e. The van der Waals surface area contributed by atoms with E-state index in [0.717, 1.165) is 25.2 Å². The highest BCUT2D eigenvalue weighted by atomic mass is 32.2. The number of nitrogens with zero attached hydrogens (tertiary/aromatic N) is 2. The van der Waals surface area contributed by atoms with Crippen LogP contribution in [0.15, 0.2) is 23.1 Å². The van der Waals surface area contributed by atoms with Gasteiger partial charge in [0.2, 0.25) is 0 Å². The molecule has 0 aromatic heterocycles. The van der Waals surface area contributed by atoms with Crippen LogP contribution in [0.1, 0.15) is 19.8 Å². The van der Waals surface area contributed by atoms with E-state index in [1.165, 1.54) is 12.1 Å². The average molecular weight is 327 g/mol. The average Bonchev–Trinajstić information content (AvgIpc) is 2.45. The molecule has 2 rings (SSSR count). The van der Waals surface area contributed by atoms with Crippen molar-refractivity contribution < 1.29 is 13.3 Å². The van der Waals surface area contributed by atoms with Gasteiger partial charge in [-0.25, -0.2) is 8.42 Å². The Morgan fingerprint density at radius 1 is 1.45 bits per heavy atom. The fourth-order valence-electron chi connectivity index (χ4n) is 2.92. The molecule has 2 N–H and O–H groups in total. The van der Waals surface area contributed by atoms with Gasteiger partial charge in [0.25, 0.3) is 5.69 Å². The van der Waals surface area contributed by atoms with E-state index >= 15 is 0 Å². The molecule has 0 bridgehead atoms. The largest absolute Gasteiger partial charge is 0.362 e. The maximum Gasteiger partial charge on any atom is 0.293 e. The summed E-state index contributed by atoms with van der Waals surface area (Å²) in [6, 6.07) is 4.11. The molecule has 22 heavy (non-hydrogen) atoms. The number of piperidine rings is 1. The lowest BCUT2D eigenvalue weighted by molar-refractivity contribution is -0.384. The number of anilines is 1. The normalized spacial score (nSPS) is 22.6. The summed E-state index contributed by atoms with van der Waals surface area (Å²) in [5.74, 6) is 0.527. The molecule has 2 atom stereocenters. The van der Waals surface area contributed by atoms with Crippen molar-refractivity contribution in [2.75, 3.05) is 24.2 Å². The Labute approximate surface area is 130 Å². The summed E-state index contributed by atoms with van der Waals surface area (Å²) >= 11 is 0. The zero-order chi connectivity index (χ0) is 16.5. The van der Waals surface area contributed by atoms with Crippen LogP contribution in [-0.4, -0.2) is 38.7 Å². The lowest BCUT2D eigenvalue weighted by Crippen LogP contribution is -2.46. The minimum absolute atomic E-state index is 0.0338. The molecule has 1 aliphatic rings. The Kier molecular flexibility index (Phi) is 4.72. The van der Waals surface area contributed by atoms with E-state index in [1.54, 1.807) is 0 Å². The Hall–Kier alpha value is -1.67. The molecular formula is C14H21N3O4S. The SMILES string of the molecule is CC1CCN(c2ccc(S(C)(=O)=O)cc2[N+](=O)[O-])C(CN)C1. The van der Waals surface area contributed by atoms with E-state index < -0.39 is 14.8 Å². The highest BCUT2D eigenvalue weighted by molar-refractivity contribution is 7.90. The Bertz CT molecular complexity index is 675. The summed E-state index contributed by atoms with van der Waals surface area (Å²) < 4.78 is 23.2. The summed E-state index contributed by atoms with van der Waals surface area (Å²) in [4.78, 5) is 12.7. The van der Waals surface area contributed by atoms with E-state index in [1.807, 2.05) is 4.90 Å². The van der Waals surface area contributed by atoms with Gasteiger partial charge in [-0.1, -0.05) is 6.92 Å². The van der Waals surface area contributed by atoms with Crippen molar-refractivity contribution in [3.05, 3.63) is 28.3 Å². The molecule has 1 fully saturated rings. The Morgan fingerprint density at radius 2 is 2.14 bits per heavy atom. The molecule has 0 radical (unpaired) electrons. The predicted octanol–water partition coefficient (Wildman–Crippen LogP) is 1.56. The van der Waals surface area contributed by atoms with E-state index in [-0.39, 0.29) is 16.6 Å². The molecule has 1 aliphatic heterocycles. The van der Waals surface area contributed by atoms with Gasteiger partial charge >= 0.3 is 0 Å². The lowest BCUT2D eigenvalue weighted by atomic mass is 9.92. The minimum atomic E-state index is -3.48. The Morgan fingerprint density at radius 3 is 2.68 bits per heavy atom. The molecule has 0 amide bonds. The van der Waals surface area contributed by atoms with Crippen molar-refractivity contribution >= 4 is 21.2 Å². The van der Waals surface area contributed by atoms with Gasteiger partial charge in [-0.3, -0.25) is 10.1 Å². The van der Waals surface area contributed by atoms with Crippen molar-refractivity contribution in [1.82, 2.24) is 0 Å². The standard InChI is InChI=1S/C14H21N3O4S/c1-10-5-6-16(11(7-10)9-15)13-4-3-12(22(2,20)21)8-14(13)17(18)19/h3-4,8,10-11H,5-7,9,15H2,1-2H3. The second kappa shape index (κ2) is 6.21. The van der Waals surface area contributed by atoms with Crippen LogP contribution in [0.4, 0.5) is 11.4 Å². The summed E-state index contributed by atoms with van der Waals surface area (Å²) in [5.41, 5.74) is 6.07. The molecule has 8 heteroatoms. The first-order valence-electron chi connectivity index (χ1n) is 7.19. The molecule has 1 heterocycles. The molecule has 0 aliphatic carbocycles. The number of nitro groups is 1. The zero-order valence-electron chi connectivity index (χ0n) is 12.7. The van der Waals surface area contributed by atoms with Gasteiger partial charge in [0, 0.05) is 31.5 Å². The molecule has 0 spiro atoms. The first-order valence-corrected chi connectivity index (χ1v) is 9.08. The molecule has 1 saturated heterocycles. The number of hydrogen-bond acceptors (Lipinski definition) is 6. The van der Waals surface area contributed by atoms with Gasteiger partial charge in [0.05, 0.1) is 9.82 Å². The summed E-state index contributed by atoms with van der Waals surface area (Å²) in [6.07, 6.45) is 2.85. The molecule has 7 nitrogen and oxygen atoms in total. The molecule has 0 saturated carbocycles. The number of nitrogens with two attached hydrogens (primary N) is 1. The van der Waals surface area contributed by atoms with Gasteiger partial charge in [-0.15, -0.1) is 0 Å². The third kappa shape index (κ3) is 3.38. The van der Waals surface area contributed by atoms with Crippen molar-refractivity contribution in [1.29, 1.82) is 0 Å². The lowest BCUT2D eigenvalue weighted by Gasteiger charge is -2.39. The summed E-state index contributed by atoms with van der Waals surface area (Å²) in [5, 5.41) is 11.4. The second-order valence-electron chi connectivity index (χ2n) is 5.89. The van der Waals surface area contributed by atoms with Crippen LogP contribution in [-0.2, 0) is 9.84 Å². The number of nitro benzene ring substituents is 1. The van der Waals surface area contributed by atoms with Crippen LogP contribution in [0.2, 0.25) is 0 Å². The van der Waals surface area contributed by atoms with Crippen molar-refractivity contribution in [2.45, 2.75) is 30.7 Å². The summed E-state index contributed by atoms with van der Waals surface area (Å²) in [6.45, 7) is 3.23. The quantitative estimate of drug-likeness (QED) is 0.664. The zero-order valence-corrected chi connectivity index (χ0v) is 13.5. The maximum atomic E-state index is 11.6. The van der Waals surface area contributed by atoms with E-state index in [9.17, 15) is 18.5 Å². The third-order valence-electron chi connectivity index (χ3n) is 4.13. The van der Waals surface area contributed by atoms with Crippen LogP contribution in [0.25, 0.3) is 0 Å². The van der Waals surface area contributed by atoms with Gasteiger partial charge in [-0.05, 0) is 30.9 Å². The fourth-order valence-corrected chi connectivity index (χ4v) is 3.56. The van der Waals surface area contributed by atoms with Crippen LogP contribution in [0.5, 0.6) is 0 Å². The van der Waals surface area contributed by atoms with Crippen molar-refractivity contribution in [3.8, 4) is 0 Å². The molecule has 122 valence electrons. The number of hydrogen-bond donors (Lipinski definition) is 1. The fraction of sp³-hybridized carbons (Fsp3) is 0.571. The van der Waals surface area contributed by atoms with Crippen LogP contribution < -0.4 is 10.6 Å². The molecular weight excluding hydrogens is 306 g/mol.